The van der Waals surface area contributed by atoms with E-state index in [0.717, 1.165) is 18.0 Å². The Hall–Kier alpha value is -3.23. The molecule has 0 N–H and O–H groups in total. The number of nitrogens with zero attached hydrogens (tertiary/aromatic N) is 5. The van der Waals surface area contributed by atoms with Gasteiger partial charge in [0.25, 0.3) is 5.56 Å². The topological polar surface area (TPSA) is 74.3 Å². The lowest BCUT2D eigenvalue weighted by Gasteiger charge is -2.33. The van der Waals surface area contributed by atoms with Gasteiger partial charge in [0.2, 0.25) is 5.95 Å². The molecule has 0 unspecified atom stereocenters. The van der Waals surface area contributed by atoms with Gasteiger partial charge in [-0.2, -0.15) is 4.98 Å². The number of aromatic nitrogens is 4. The first-order valence-electron chi connectivity index (χ1n) is 10.8. The summed E-state index contributed by atoms with van der Waals surface area (Å²) in [5, 5.41) is 0.784. The van der Waals surface area contributed by atoms with E-state index in [9.17, 15) is 9.59 Å². The number of halogens is 2. The molecule has 1 aliphatic rings. The van der Waals surface area contributed by atoms with E-state index >= 15 is 0 Å². The lowest BCUT2D eigenvalue weighted by atomic mass is 10.1. The van der Waals surface area contributed by atoms with Crippen LogP contribution in [-0.2, 0) is 20.1 Å². The Morgan fingerprint density at radius 3 is 2.62 bits per heavy atom. The molecule has 3 heterocycles. The molecule has 34 heavy (non-hydrogen) atoms. The van der Waals surface area contributed by atoms with Crippen LogP contribution >= 0.6 is 23.2 Å². The van der Waals surface area contributed by atoms with Crippen molar-refractivity contribution in [2.75, 3.05) is 18.6 Å². The Labute approximate surface area is 205 Å². The molecule has 0 amide bonds. The van der Waals surface area contributed by atoms with Crippen molar-refractivity contribution in [1.29, 1.82) is 0 Å². The Balaban J connectivity index is 1.70. The third-order valence-corrected chi connectivity index (χ3v) is 6.87. The van der Waals surface area contributed by atoms with Crippen LogP contribution in [0.15, 0.2) is 52.1 Å². The molecular weight excluding hydrogens is 477 g/mol. The fourth-order valence-corrected chi connectivity index (χ4v) is 4.78. The number of aryl methyl sites for hydroxylation is 1. The molecule has 2 aromatic carbocycles. The predicted octanol–water partition coefficient (Wildman–Crippen LogP) is 4.05. The maximum absolute atomic E-state index is 13.6. The molecule has 10 heteroatoms. The molecule has 0 bridgehead atoms. The van der Waals surface area contributed by atoms with Crippen molar-refractivity contribution >= 4 is 46.0 Å². The van der Waals surface area contributed by atoms with Crippen LogP contribution in [-0.4, -0.2) is 32.3 Å². The SMILES string of the molecule is COc1cccc(N2C[C@@H](C)Cn3c2nc2c3c(=O)n(Cc3ccc(Cl)c(Cl)c3)c(=O)n2C)c1. The molecule has 1 aliphatic heterocycles. The fourth-order valence-electron chi connectivity index (χ4n) is 4.46. The minimum Gasteiger partial charge on any atom is -0.497 e. The number of imidazole rings is 1. The lowest BCUT2D eigenvalue weighted by Crippen LogP contribution is -2.40. The van der Waals surface area contributed by atoms with Crippen LogP contribution in [0, 0.1) is 5.92 Å². The molecule has 5 rings (SSSR count). The highest BCUT2D eigenvalue weighted by Gasteiger charge is 2.30. The van der Waals surface area contributed by atoms with Crippen LogP contribution < -0.4 is 20.9 Å². The average Bonchev–Trinajstić information content (AvgIpc) is 3.21. The number of anilines is 2. The standard InChI is InChI=1S/C24H23Cl2N5O3/c1-14-11-29(16-5-4-6-17(10-16)34-3)23-27-21-20(30(23)12-14)22(32)31(24(33)28(21)2)13-15-7-8-18(25)19(26)9-15/h4-10,14H,11-13H2,1-3H3/t14-/m1/s1. The monoisotopic (exact) mass is 499 g/mol. The highest BCUT2D eigenvalue weighted by atomic mass is 35.5. The number of benzene rings is 2. The summed E-state index contributed by atoms with van der Waals surface area (Å²) in [5.74, 6) is 1.60. The number of methoxy groups -OCH3 is 1. The van der Waals surface area contributed by atoms with E-state index < -0.39 is 5.69 Å². The molecule has 0 fully saturated rings. The molecule has 0 aliphatic carbocycles. The summed E-state index contributed by atoms with van der Waals surface area (Å²) in [7, 11) is 3.26. The summed E-state index contributed by atoms with van der Waals surface area (Å²) in [4.78, 5) is 33.6. The van der Waals surface area contributed by atoms with Crippen LogP contribution in [0.25, 0.3) is 11.2 Å². The zero-order chi connectivity index (χ0) is 24.1. The van der Waals surface area contributed by atoms with E-state index in [1.54, 1.807) is 32.4 Å². The molecule has 4 aromatic rings. The first-order valence-corrected chi connectivity index (χ1v) is 11.6. The predicted molar refractivity (Wildman–Crippen MR) is 134 cm³/mol. The van der Waals surface area contributed by atoms with E-state index in [0.29, 0.717) is 39.3 Å². The number of ether oxygens (including phenoxy) is 1. The number of rotatable bonds is 4. The second kappa shape index (κ2) is 8.52. The second-order valence-electron chi connectivity index (χ2n) is 8.59. The van der Waals surface area contributed by atoms with Gasteiger partial charge in [0, 0.05) is 31.9 Å². The second-order valence-corrected chi connectivity index (χ2v) is 9.41. The van der Waals surface area contributed by atoms with Gasteiger partial charge in [0.05, 0.1) is 23.7 Å². The molecule has 176 valence electrons. The van der Waals surface area contributed by atoms with Crippen LogP contribution in [0.1, 0.15) is 12.5 Å². The van der Waals surface area contributed by atoms with Gasteiger partial charge in [-0.3, -0.25) is 13.9 Å². The summed E-state index contributed by atoms with van der Waals surface area (Å²) in [5.41, 5.74) is 1.54. The van der Waals surface area contributed by atoms with Crippen molar-refractivity contribution in [2.24, 2.45) is 13.0 Å². The third kappa shape index (κ3) is 3.67. The van der Waals surface area contributed by atoms with E-state index in [2.05, 4.69) is 11.8 Å². The molecule has 1 atom stereocenters. The van der Waals surface area contributed by atoms with Crippen molar-refractivity contribution in [1.82, 2.24) is 18.7 Å². The third-order valence-electron chi connectivity index (χ3n) is 6.13. The Bertz CT molecular complexity index is 1540. The molecule has 0 saturated carbocycles. The highest BCUT2D eigenvalue weighted by Crippen LogP contribution is 2.34. The van der Waals surface area contributed by atoms with Gasteiger partial charge in [-0.25, -0.2) is 4.79 Å². The molecule has 0 radical (unpaired) electrons. The van der Waals surface area contributed by atoms with Crippen molar-refractivity contribution < 1.29 is 4.74 Å². The number of hydrogen-bond acceptors (Lipinski definition) is 5. The molecule has 8 nitrogen and oxygen atoms in total. The van der Waals surface area contributed by atoms with Crippen LogP contribution in [0.5, 0.6) is 5.75 Å². The zero-order valence-electron chi connectivity index (χ0n) is 19.0. The minimum atomic E-state index is -0.444. The maximum Gasteiger partial charge on any atom is 0.332 e. The Kier molecular flexibility index (Phi) is 5.65. The van der Waals surface area contributed by atoms with E-state index in [4.69, 9.17) is 32.9 Å². The van der Waals surface area contributed by atoms with E-state index in [1.807, 2.05) is 28.8 Å². The van der Waals surface area contributed by atoms with Gasteiger partial charge in [0.1, 0.15) is 5.75 Å². The average molecular weight is 500 g/mol. The van der Waals surface area contributed by atoms with Gasteiger partial charge < -0.3 is 14.2 Å². The van der Waals surface area contributed by atoms with Gasteiger partial charge in [0.15, 0.2) is 11.2 Å². The molecule has 2 aromatic heterocycles. The first kappa shape index (κ1) is 22.6. The van der Waals surface area contributed by atoms with Crippen LogP contribution in [0.4, 0.5) is 11.6 Å². The number of hydrogen-bond donors (Lipinski definition) is 0. The summed E-state index contributed by atoms with van der Waals surface area (Å²) >= 11 is 12.2. The Morgan fingerprint density at radius 1 is 1.09 bits per heavy atom. The lowest BCUT2D eigenvalue weighted by molar-refractivity contribution is 0.414. The van der Waals surface area contributed by atoms with Gasteiger partial charge in [-0.05, 0) is 35.7 Å². The highest BCUT2D eigenvalue weighted by molar-refractivity contribution is 6.42. The summed E-state index contributed by atoms with van der Waals surface area (Å²) in [6.07, 6.45) is 0. The molecular formula is C24H23Cl2N5O3. The Morgan fingerprint density at radius 2 is 1.88 bits per heavy atom. The normalized spacial score (nSPS) is 15.6. The van der Waals surface area contributed by atoms with Crippen LogP contribution in [0.2, 0.25) is 10.0 Å². The van der Waals surface area contributed by atoms with Gasteiger partial charge in [-0.15, -0.1) is 0 Å². The van der Waals surface area contributed by atoms with Gasteiger partial charge >= 0.3 is 5.69 Å². The zero-order valence-corrected chi connectivity index (χ0v) is 20.5. The summed E-state index contributed by atoms with van der Waals surface area (Å²) in [6.45, 7) is 3.54. The van der Waals surface area contributed by atoms with E-state index in [1.165, 1.54) is 9.13 Å². The van der Waals surface area contributed by atoms with Crippen LogP contribution in [0.3, 0.4) is 0 Å². The first-order chi connectivity index (χ1) is 16.3. The van der Waals surface area contributed by atoms with Gasteiger partial charge in [-0.1, -0.05) is 42.3 Å². The molecule has 0 spiro atoms. The molecule has 0 saturated heterocycles. The van der Waals surface area contributed by atoms with E-state index in [-0.39, 0.29) is 18.0 Å². The van der Waals surface area contributed by atoms with Crippen molar-refractivity contribution in [2.45, 2.75) is 20.0 Å². The quantitative estimate of drug-likeness (QED) is 0.423. The minimum absolute atomic E-state index is 0.0774. The largest absolute Gasteiger partial charge is 0.497 e. The van der Waals surface area contributed by atoms with Crippen molar-refractivity contribution in [3.05, 3.63) is 78.9 Å². The van der Waals surface area contributed by atoms with Crippen molar-refractivity contribution in [3.8, 4) is 5.75 Å². The summed E-state index contributed by atoms with van der Waals surface area (Å²) < 4.78 is 9.94. The van der Waals surface area contributed by atoms with Crippen molar-refractivity contribution in [3.63, 3.8) is 0 Å². The fraction of sp³-hybridized carbons (Fsp3) is 0.292. The maximum atomic E-state index is 13.6. The smallest absolute Gasteiger partial charge is 0.332 e. The number of fused-ring (bicyclic) bond motifs is 3. The summed E-state index contributed by atoms with van der Waals surface area (Å²) in [6, 6.07) is 12.8.